The molecule has 0 radical (unpaired) electrons. The van der Waals surface area contributed by atoms with Gasteiger partial charge in [-0.25, -0.2) is 0 Å². The summed E-state index contributed by atoms with van der Waals surface area (Å²) in [7, 11) is 1.77. The van der Waals surface area contributed by atoms with Crippen molar-refractivity contribution in [1.82, 2.24) is 4.90 Å². The van der Waals surface area contributed by atoms with E-state index in [-0.39, 0.29) is 0 Å². The molecule has 0 aliphatic heterocycles. The Morgan fingerprint density at radius 1 is 1.17 bits per heavy atom. The second-order valence-electron chi connectivity index (χ2n) is 7.01. The lowest BCUT2D eigenvalue weighted by Crippen LogP contribution is -2.38. The molecule has 0 aromatic heterocycles. The van der Waals surface area contributed by atoms with Crippen LogP contribution in [0.3, 0.4) is 0 Å². The molecule has 0 spiro atoms. The molecule has 18 heavy (non-hydrogen) atoms. The number of hydrogen-bond donors (Lipinski definition) is 1. The minimum atomic E-state index is 0.356. The van der Waals surface area contributed by atoms with Crippen molar-refractivity contribution in [1.29, 1.82) is 0 Å². The molecule has 0 bridgehead atoms. The fourth-order valence-corrected chi connectivity index (χ4v) is 2.45. The van der Waals surface area contributed by atoms with Crippen LogP contribution in [-0.4, -0.2) is 44.8 Å². The van der Waals surface area contributed by atoms with Crippen LogP contribution in [-0.2, 0) is 4.74 Å². The summed E-state index contributed by atoms with van der Waals surface area (Å²) in [6.45, 7) is 16.2. The standard InChI is InChI=1S/C15H34N2O/c1-13(2)11-17(7-8-18-6)12-14(10-16)9-15(3,4)5/h13-14H,7-12,16H2,1-6H3. The molecular weight excluding hydrogens is 224 g/mol. The summed E-state index contributed by atoms with van der Waals surface area (Å²) in [6.07, 6.45) is 1.19. The summed E-state index contributed by atoms with van der Waals surface area (Å²) in [5.74, 6) is 1.27. The largest absolute Gasteiger partial charge is 0.383 e. The van der Waals surface area contributed by atoms with Crippen molar-refractivity contribution in [2.75, 3.05) is 39.9 Å². The third-order valence-electron chi connectivity index (χ3n) is 2.99. The van der Waals surface area contributed by atoms with Gasteiger partial charge in [0.1, 0.15) is 0 Å². The molecule has 3 nitrogen and oxygen atoms in total. The maximum Gasteiger partial charge on any atom is 0.0589 e. The van der Waals surface area contributed by atoms with E-state index in [1.807, 2.05) is 0 Å². The molecule has 0 heterocycles. The topological polar surface area (TPSA) is 38.5 Å². The summed E-state index contributed by atoms with van der Waals surface area (Å²) < 4.78 is 5.20. The molecule has 0 saturated carbocycles. The van der Waals surface area contributed by atoms with Crippen LogP contribution in [0.1, 0.15) is 41.0 Å². The minimum absolute atomic E-state index is 0.356. The van der Waals surface area contributed by atoms with Gasteiger partial charge in [-0.05, 0) is 30.2 Å². The highest BCUT2D eigenvalue weighted by Gasteiger charge is 2.20. The Balaban J connectivity index is 4.31. The average Bonchev–Trinajstić information content (AvgIpc) is 2.22. The third kappa shape index (κ3) is 9.86. The molecule has 0 rings (SSSR count). The zero-order chi connectivity index (χ0) is 14.2. The smallest absolute Gasteiger partial charge is 0.0589 e. The van der Waals surface area contributed by atoms with Gasteiger partial charge < -0.3 is 15.4 Å². The van der Waals surface area contributed by atoms with Crippen LogP contribution < -0.4 is 5.73 Å². The fourth-order valence-electron chi connectivity index (χ4n) is 2.45. The van der Waals surface area contributed by atoms with Crippen LogP contribution in [0.15, 0.2) is 0 Å². The summed E-state index contributed by atoms with van der Waals surface area (Å²) >= 11 is 0. The number of rotatable bonds is 9. The van der Waals surface area contributed by atoms with Gasteiger partial charge in [-0.1, -0.05) is 34.6 Å². The number of methoxy groups -OCH3 is 1. The molecule has 0 aromatic carbocycles. The van der Waals surface area contributed by atoms with E-state index in [4.69, 9.17) is 10.5 Å². The van der Waals surface area contributed by atoms with Gasteiger partial charge >= 0.3 is 0 Å². The maximum atomic E-state index is 5.93. The molecular formula is C15H34N2O. The summed E-state index contributed by atoms with van der Waals surface area (Å²) in [5.41, 5.74) is 6.29. The Morgan fingerprint density at radius 3 is 2.17 bits per heavy atom. The molecule has 1 unspecified atom stereocenters. The van der Waals surface area contributed by atoms with Crippen LogP contribution in [0, 0.1) is 17.3 Å². The van der Waals surface area contributed by atoms with Gasteiger partial charge in [-0.3, -0.25) is 0 Å². The van der Waals surface area contributed by atoms with E-state index >= 15 is 0 Å². The number of hydrogen-bond acceptors (Lipinski definition) is 3. The lowest BCUT2D eigenvalue weighted by molar-refractivity contribution is 0.120. The first kappa shape index (κ1) is 17.9. The van der Waals surface area contributed by atoms with Gasteiger partial charge in [0.15, 0.2) is 0 Å². The molecule has 2 N–H and O–H groups in total. The van der Waals surface area contributed by atoms with E-state index in [1.165, 1.54) is 6.42 Å². The van der Waals surface area contributed by atoms with Gasteiger partial charge in [0.25, 0.3) is 0 Å². The minimum Gasteiger partial charge on any atom is -0.383 e. The first-order valence-corrected chi connectivity index (χ1v) is 7.20. The van der Waals surface area contributed by atoms with Crippen molar-refractivity contribution in [2.24, 2.45) is 23.0 Å². The van der Waals surface area contributed by atoms with Gasteiger partial charge in [0.05, 0.1) is 6.61 Å². The van der Waals surface area contributed by atoms with Gasteiger partial charge in [0.2, 0.25) is 0 Å². The van der Waals surface area contributed by atoms with Crippen LogP contribution >= 0.6 is 0 Å². The van der Waals surface area contributed by atoms with Crippen LogP contribution in [0.25, 0.3) is 0 Å². The Labute approximate surface area is 114 Å². The molecule has 0 amide bonds. The second kappa shape index (κ2) is 8.89. The SMILES string of the molecule is COCCN(CC(C)C)CC(CN)CC(C)(C)C. The van der Waals surface area contributed by atoms with Crippen molar-refractivity contribution in [3.8, 4) is 0 Å². The van der Waals surface area contributed by atoms with Crippen molar-refractivity contribution < 1.29 is 4.74 Å². The zero-order valence-corrected chi connectivity index (χ0v) is 13.3. The lowest BCUT2D eigenvalue weighted by atomic mass is 9.84. The van der Waals surface area contributed by atoms with Gasteiger partial charge in [-0.15, -0.1) is 0 Å². The highest BCUT2D eigenvalue weighted by Crippen LogP contribution is 2.24. The van der Waals surface area contributed by atoms with E-state index in [9.17, 15) is 0 Å². The van der Waals surface area contributed by atoms with E-state index in [1.54, 1.807) is 7.11 Å². The maximum absolute atomic E-state index is 5.93. The van der Waals surface area contributed by atoms with E-state index in [2.05, 4.69) is 39.5 Å². The van der Waals surface area contributed by atoms with Crippen molar-refractivity contribution in [3.05, 3.63) is 0 Å². The molecule has 1 atom stereocenters. The molecule has 0 aliphatic carbocycles. The Bertz CT molecular complexity index is 199. The lowest BCUT2D eigenvalue weighted by Gasteiger charge is -2.31. The molecule has 3 heteroatoms. The number of ether oxygens (including phenoxy) is 1. The highest BCUT2D eigenvalue weighted by molar-refractivity contribution is 4.74. The van der Waals surface area contributed by atoms with Crippen molar-refractivity contribution in [3.63, 3.8) is 0 Å². The van der Waals surface area contributed by atoms with Crippen LogP contribution in [0.2, 0.25) is 0 Å². The Hall–Kier alpha value is -0.120. The van der Waals surface area contributed by atoms with Crippen molar-refractivity contribution in [2.45, 2.75) is 41.0 Å². The zero-order valence-electron chi connectivity index (χ0n) is 13.3. The fraction of sp³-hybridized carbons (Fsp3) is 1.00. The first-order chi connectivity index (χ1) is 8.28. The molecule has 0 saturated heterocycles. The normalized spacial score (nSPS) is 14.5. The van der Waals surface area contributed by atoms with E-state index in [0.29, 0.717) is 17.3 Å². The summed E-state index contributed by atoms with van der Waals surface area (Å²) in [4.78, 5) is 2.50. The second-order valence-corrected chi connectivity index (χ2v) is 7.01. The predicted molar refractivity (Wildman–Crippen MR) is 79.8 cm³/mol. The van der Waals surface area contributed by atoms with Crippen LogP contribution in [0.5, 0.6) is 0 Å². The first-order valence-electron chi connectivity index (χ1n) is 7.20. The monoisotopic (exact) mass is 258 g/mol. The molecule has 0 aliphatic rings. The van der Waals surface area contributed by atoms with E-state index < -0.39 is 0 Å². The number of nitrogens with two attached hydrogens (primary N) is 1. The molecule has 0 fully saturated rings. The quantitative estimate of drug-likeness (QED) is 0.691. The van der Waals surface area contributed by atoms with Gasteiger partial charge in [-0.2, -0.15) is 0 Å². The van der Waals surface area contributed by atoms with Crippen LogP contribution in [0.4, 0.5) is 0 Å². The van der Waals surface area contributed by atoms with Crippen molar-refractivity contribution >= 4 is 0 Å². The highest BCUT2D eigenvalue weighted by atomic mass is 16.5. The molecule has 0 aromatic rings. The third-order valence-corrected chi connectivity index (χ3v) is 2.99. The van der Waals surface area contributed by atoms with E-state index in [0.717, 1.165) is 32.8 Å². The Morgan fingerprint density at radius 2 is 1.78 bits per heavy atom. The molecule has 110 valence electrons. The Kier molecular flexibility index (Phi) is 8.83. The predicted octanol–water partition coefficient (Wildman–Crippen LogP) is 2.60. The van der Waals surface area contributed by atoms with Gasteiger partial charge in [0, 0.05) is 26.7 Å². The summed E-state index contributed by atoms with van der Waals surface area (Å²) in [5, 5.41) is 0. The average molecular weight is 258 g/mol. The number of nitrogens with zero attached hydrogens (tertiary/aromatic N) is 1. The summed E-state index contributed by atoms with van der Waals surface area (Å²) in [6, 6.07) is 0.